The smallest absolute Gasteiger partial charge is 0.340 e. The van der Waals surface area contributed by atoms with Crippen molar-refractivity contribution in [2.75, 3.05) is 25.3 Å². The number of carbonyl (C=O) groups excluding carboxylic acids is 2. The molecule has 0 bridgehead atoms. The van der Waals surface area contributed by atoms with Gasteiger partial charge in [0.2, 0.25) is 5.91 Å². The van der Waals surface area contributed by atoms with E-state index in [9.17, 15) is 9.59 Å². The molecule has 0 spiro atoms. The lowest BCUT2D eigenvalue weighted by Gasteiger charge is -2.08. The number of carbonyl (C=O) groups is 2. The Bertz CT molecular complexity index is 1010. The third kappa shape index (κ3) is 5.19. The van der Waals surface area contributed by atoms with Gasteiger partial charge in [-0.1, -0.05) is 23.9 Å². The Balaban J connectivity index is 1.62. The molecular formula is C20H22N4O4S2. The summed E-state index contributed by atoms with van der Waals surface area (Å²) in [6.07, 6.45) is 0.634. The molecule has 1 N–H and O–H groups in total. The van der Waals surface area contributed by atoms with Crippen LogP contribution in [0.1, 0.15) is 28.7 Å². The van der Waals surface area contributed by atoms with E-state index in [1.807, 2.05) is 35.8 Å². The zero-order chi connectivity index (χ0) is 21.5. The summed E-state index contributed by atoms with van der Waals surface area (Å²) in [5.74, 6) is 1.08. The molecule has 0 unspecified atom stereocenters. The summed E-state index contributed by atoms with van der Waals surface area (Å²) in [5.41, 5.74) is 1.44. The third-order valence-electron chi connectivity index (χ3n) is 4.29. The Morgan fingerprint density at radius 2 is 1.93 bits per heavy atom. The number of anilines is 1. The van der Waals surface area contributed by atoms with Crippen LogP contribution in [0.15, 0.2) is 40.9 Å². The number of nitrogens with one attached hydrogen (secondary N) is 1. The average Bonchev–Trinajstić information content (AvgIpc) is 3.38. The minimum atomic E-state index is -0.479. The SMILES string of the molecule is CCn1c(Cc2ccc(OC)cc2)nnc1SCC(=O)Nc1sccc1C(=O)OC. The number of thiophene rings is 1. The summed E-state index contributed by atoms with van der Waals surface area (Å²) >= 11 is 2.58. The van der Waals surface area contributed by atoms with Crippen LogP contribution in [0, 0.1) is 0 Å². The normalized spacial score (nSPS) is 10.6. The summed E-state index contributed by atoms with van der Waals surface area (Å²) in [5, 5.41) is 14.2. The van der Waals surface area contributed by atoms with Crippen LogP contribution in [0.5, 0.6) is 5.75 Å². The Kier molecular flexibility index (Phi) is 7.47. The molecule has 0 fully saturated rings. The van der Waals surface area contributed by atoms with Gasteiger partial charge in [-0.25, -0.2) is 4.79 Å². The van der Waals surface area contributed by atoms with E-state index in [0.717, 1.165) is 17.1 Å². The van der Waals surface area contributed by atoms with Crippen molar-refractivity contribution in [1.82, 2.24) is 14.8 Å². The minimum Gasteiger partial charge on any atom is -0.497 e. The van der Waals surface area contributed by atoms with E-state index < -0.39 is 5.97 Å². The number of aromatic nitrogens is 3. The fraction of sp³-hybridized carbons (Fsp3) is 0.300. The largest absolute Gasteiger partial charge is 0.497 e. The van der Waals surface area contributed by atoms with Gasteiger partial charge in [-0.2, -0.15) is 0 Å². The average molecular weight is 447 g/mol. The highest BCUT2D eigenvalue weighted by atomic mass is 32.2. The van der Waals surface area contributed by atoms with Crippen LogP contribution in [0.4, 0.5) is 5.00 Å². The van der Waals surface area contributed by atoms with Crippen LogP contribution in [0.3, 0.4) is 0 Å². The van der Waals surface area contributed by atoms with Crippen molar-refractivity contribution in [3.63, 3.8) is 0 Å². The molecule has 0 aliphatic carbocycles. The van der Waals surface area contributed by atoms with Crippen LogP contribution in [-0.4, -0.2) is 46.6 Å². The first-order valence-corrected chi connectivity index (χ1v) is 11.1. The standard InChI is InChI=1S/C20H22N4O4S2/c1-4-24-16(11-13-5-7-14(27-2)8-6-13)22-23-20(24)30-12-17(25)21-18-15(9-10-29-18)19(26)28-3/h5-10H,4,11-12H2,1-3H3,(H,21,25). The minimum absolute atomic E-state index is 0.152. The first kappa shape index (κ1) is 21.8. The molecule has 8 nitrogen and oxygen atoms in total. The molecule has 0 saturated carbocycles. The van der Waals surface area contributed by atoms with Crippen molar-refractivity contribution in [3.05, 3.63) is 52.7 Å². The number of hydrogen-bond donors (Lipinski definition) is 1. The van der Waals surface area contributed by atoms with Gasteiger partial charge in [-0.15, -0.1) is 21.5 Å². The van der Waals surface area contributed by atoms with E-state index in [2.05, 4.69) is 15.5 Å². The molecule has 1 amide bonds. The van der Waals surface area contributed by atoms with Crippen molar-refractivity contribution in [1.29, 1.82) is 0 Å². The van der Waals surface area contributed by atoms with Gasteiger partial charge < -0.3 is 19.4 Å². The molecule has 2 aromatic heterocycles. The number of thioether (sulfide) groups is 1. The number of amides is 1. The van der Waals surface area contributed by atoms with E-state index in [4.69, 9.17) is 9.47 Å². The van der Waals surface area contributed by atoms with Gasteiger partial charge in [0.15, 0.2) is 5.16 Å². The maximum Gasteiger partial charge on any atom is 0.340 e. The lowest BCUT2D eigenvalue weighted by Crippen LogP contribution is -2.16. The number of benzene rings is 1. The van der Waals surface area contributed by atoms with Gasteiger partial charge in [0.25, 0.3) is 0 Å². The van der Waals surface area contributed by atoms with Crippen molar-refractivity contribution < 1.29 is 19.1 Å². The first-order valence-electron chi connectivity index (χ1n) is 9.19. The molecule has 30 heavy (non-hydrogen) atoms. The van der Waals surface area contributed by atoms with Crippen LogP contribution >= 0.6 is 23.1 Å². The Morgan fingerprint density at radius 1 is 1.17 bits per heavy atom. The fourth-order valence-electron chi connectivity index (χ4n) is 2.77. The fourth-order valence-corrected chi connectivity index (χ4v) is 4.38. The summed E-state index contributed by atoms with van der Waals surface area (Å²) in [7, 11) is 2.94. The Morgan fingerprint density at radius 3 is 2.60 bits per heavy atom. The maximum absolute atomic E-state index is 12.4. The van der Waals surface area contributed by atoms with E-state index in [1.54, 1.807) is 18.6 Å². The molecular weight excluding hydrogens is 424 g/mol. The zero-order valence-corrected chi connectivity index (χ0v) is 18.5. The van der Waals surface area contributed by atoms with Crippen LogP contribution in [0.25, 0.3) is 0 Å². The van der Waals surface area contributed by atoms with E-state index in [0.29, 0.717) is 28.7 Å². The third-order valence-corrected chi connectivity index (χ3v) is 6.08. The zero-order valence-electron chi connectivity index (χ0n) is 16.9. The molecule has 0 aliphatic heterocycles. The van der Waals surface area contributed by atoms with Crippen LogP contribution in [-0.2, 0) is 22.5 Å². The second kappa shape index (κ2) is 10.3. The summed E-state index contributed by atoms with van der Waals surface area (Å²) < 4.78 is 11.9. The van der Waals surface area contributed by atoms with Crippen LogP contribution in [0.2, 0.25) is 0 Å². The van der Waals surface area contributed by atoms with Crippen molar-refractivity contribution in [3.8, 4) is 5.75 Å². The van der Waals surface area contributed by atoms with Gasteiger partial charge >= 0.3 is 5.97 Å². The Labute approximate surface area is 182 Å². The highest BCUT2D eigenvalue weighted by Gasteiger charge is 2.17. The molecule has 1 aromatic carbocycles. The second-order valence-corrected chi connectivity index (χ2v) is 8.02. The molecule has 2 heterocycles. The summed E-state index contributed by atoms with van der Waals surface area (Å²) in [4.78, 5) is 24.1. The monoisotopic (exact) mass is 446 g/mol. The lowest BCUT2D eigenvalue weighted by atomic mass is 10.1. The molecule has 0 aliphatic rings. The number of esters is 1. The molecule has 0 atom stereocenters. The van der Waals surface area contributed by atoms with Gasteiger partial charge in [-0.3, -0.25) is 4.79 Å². The summed E-state index contributed by atoms with van der Waals surface area (Å²) in [6, 6.07) is 9.43. The van der Waals surface area contributed by atoms with E-state index in [-0.39, 0.29) is 11.7 Å². The molecule has 3 rings (SSSR count). The van der Waals surface area contributed by atoms with Gasteiger partial charge in [0, 0.05) is 13.0 Å². The lowest BCUT2D eigenvalue weighted by molar-refractivity contribution is -0.113. The predicted octanol–water partition coefficient (Wildman–Crippen LogP) is 3.48. The Hall–Kier alpha value is -2.85. The topological polar surface area (TPSA) is 95.3 Å². The van der Waals surface area contributed by atoms with Crippen molar-refractivity contribution in [2.45, 2.75) is 25.0 Å². The highest BCUT2D eigenvalue weighted by Crippen LogP contribution is 2.25. The molecule has 0 saturated heterocycles. The number of rotatable bonds is 9. The van der Waals surface area contributed by atoms with E-state index >= 15 is 0 Å². The molecule has 10 heteroatoms. The summed E-state index contributed by atoms with van der Waals surface area (Å²) in [6.45, 7) is 2.71. The quantitative estimate of drug-likeness (QED) is 0.397. The van der Waals surface area contributed by atoms with Gasteiger partial charge in [-0.05, 0) is 36.1 Å². The van der Waals surface area contributed by atoms with E-state index in [1.165, 1.54) is 30.2 Å². The molecule has 3 aromatic rings. The van der Waals surface area contributed by atoms with Crippen LogP contribution < -0.4 is 10.1 Å². The second-order valence-electron chi connectivity index (χ2n) is 6.16. The number of nitrogens with zero attached hydrogens (tertiary/aromatic N) is 3. The number of ether oxygens (including phenoxy) is 2. The van der Waals surface area contributed by atoms with Gasteiger partial charge in [0.05, 0.1) is 25.5 Å². The first-order chi connectivity index (χ1) is 14.5. The van der Waals surface area contributed by atoms with Crippen molar-refractivity contribution >= 4 is 40.0 Å². The number of methoxy groups -OCH3 is 2. The number of hydrogen-bond acceptors (Lipinski definition) is 8. The molecule has 0 radical (unpaired) electrons. The molecule has 158 valence electrons. The van der Waals surface area contributed by atoms with Crippen molar-refractivity contribution in [2.24, 2.45) is 0 Å². The van der Waals surface area contributed by atoms with Gasteiger partial charge in [0.1, 0.15) is 16.6 Å². The predicted molar refractivity (Wildman–Crippen MR) is 117 cm³/mol. The highest BCUT2D eigenvalue weighted by molar-refractivity contribution is 7.99. The maximum atomic E-state index is 12.4.